The monoisotopic (exact) mass is 459 g/mol. The van der Waals surface area contributed by atoms with E-state index < -0.39 is 23.9 Å². The number of halogens is 3. The third-order valence-corrected chi connectivity index (χ3v) is 6.75. The zero-order valence-electron chi connectivity index (χ0n) is 19.7. The van der Waals surface area contributed by atoms with Crippen LogP contribution in [0.3, 0.4) is 0 Å². The predicted molar refractivity (Wildman–Crippen MR) is 122 cm³/mol. The zero-order chi connectivity index (χ0) is 24.1. The van der Waals surface area contributed by atoms with Gasteiger partial charge < -0.3 is 9.84 Å². The Balaban J connectivity index is 1.90. The lowest BCUT2D eigenvalue weighted by molar-refractivity contribution is -0.137. The lowest BCUT2D eigenvalue weighted by atomic mass is 9.72. The van der Waals surface area contributed by atoms with Crippen molar-refractivity contribution >= 4 is 0 Å². The molecule has 1 aromatic carbocycles. The van der Waals surface area contributed by atoms with Gasteiger partial charge in [-0.3, -0.25) is 4.98 Å². The number of hydrogen-bond donors (Lipinski definition) is 1. The van der Waals surface area contributed by atoms with E-state index in [1.165, 1.54) is 12.1 Å². The molecule has 3 atom stereocenters. The lowest BCUT2D eigenvalue weighted by Gasteiger charge is -2.36. The topological polar surface area (TPSA) is 42.4 Å². The molecule has 0 spiro atoms. The first-order valence-corrected chi connectivity index (χ1v) is 11.6. The van der Waals surface area contributed by atoms with Crippen LogP contribution in [-0.2, 0) is 17.3 Å². The van der Waals surface area contributed by atoms with Crippen LogP contribution in [0.1, 0.15) is 110 Å². The number of rotatable bonds is 5. The van der Waals surface area contributed by atoms with Crippen LogP contribution in [0.2, 0.25) is 0 Å². The summed E-state index contributed by atoms with van der Waals surface area (Å²) in [6, 6.07) is 5.20. The number of alkyl halides is 3. The van der Waals surface area contributed by atoms with Crippen LogP contribution in [0.25, 0.3) is 0 Å². The van der Waals surface area contributed by atoms with Gasteiger partial charge in [0.1, 0.15) is 6.10 Å². The van der Waals surface area contributed by atoms with E-state index in [1.54, 1.807) is 0 Å². The van der Waals surface area contributed by atoms with Crippen molar-refractivity contribution in [2.45, 2.75) is 83.8 Å². The van der Waals surface area contributed by atoms with Gasteiger partial charge in [0, 0.05) is 22.5 Å². The second-order valence-electron chi connectivity index (χ2n) is 10.4. The van der Waals surface area contributed by atoms with Gasteiger partial charge in [-0.1, -0.05) is 45.9 Å². The molecule has 0 fully saturated rings. The number of pyridine rings is 1. The maximum Gasteiger partial charge on any atom is 0.416 e. The quantitative estimate of drug-likeness (QED) is 0.475. The summed E-state index contributed by atoms with van der Waals surface area (Å²) >= 11 is 0. The van der Waals surface area contributed by atoms with Gasteiger partial charge in [0.15, 0.2) is 0 Å². The summed E-state index contributed by atoms with van der Waals surface area (Å²) in [5, 5.41) is 11.2. The number of nitrogens with zero attached hydrogens (tertiary/aromatic N) is 1. The van der Waals surface area contributed by atoms with E-state index in [4.69, 9.17) is 9.72 Å². The number of allylic oxidation sites excluding steroid dienone is 1. The highest BCUT2D eigenvalue weighted by molar-refractivity contribution is 5.52. The summed E-state index contributed by atoms with van der Waals surface area (Å²) in [6.45, 7) is 12.2. The van der Waals surface area contributed by atoms with Crippen molar-refractivity contribution in [3.8, 4) is 0 Å². The van der Waals surface area contributed by atoms with Crippen molar-refractivity contribution in [3.63, 3.8) is 0 Å². The SMILES string of the molecule is C=CCCC1O[C@@H](c2ccc(C(F)(F)F)cc2)c2c(C(C)C)nc3c(c21)C(O)CC(C)(C)C3. The summed E-state index contributed by atoms with van der Waals surface area (Å²) < 4.78 is 45.9. The van der Waals surface area contributed by atoms with Crippen molar-refractivity contribution in [1.82, 2.24) is 4.98 Å². The molecule has 2 heterocycles. The number of aliphatic hydroxyl groups excluding tert-OH is 1. The van der Waals surface area contributed by atoms with Crippen molar-refractivity contribution in [3.05, 3.63) is 76.1 Å². The van der Waals surface area contributed by atoms with E-state index in [2.05, 4.69) is 34.3 Å². The molecule has 0 bridgehead atoms. The molecule has 1 aromatic heterocycles. The summed E-state index contributed by atoms with van der Waals surface area (Å²) in [5.41, 5.74) is 4.50. The molecule has 6 heteroatoms. The predicted octanol–water partition coefficient (Wildman–Crippen LogP) is 7.36. The van der Waals surface area contributed by atoms with E-state index >= 15 is 0 Å². The fraction of sp³-hybridized carbons (Fsp3) is 0.519. The summed E-state index contributed by atoms with van der Waals surface area (Å²) in [4.78, 5) is 5.04. The Morgan fingerprint density at radius 3 is 2.42 bits per heavy atom. The Hall–Kier alpha value is -2.18. The van der Waals surface area contributed by atoms with E-state index in [9.17, 15) is 18.3 Å². The number of benzene rings is 1. The van der Waals surface area contributed by atoms with Gasteiger partial charge in [-0.15, -0.1) is 6.58 Å². The minimum atomic E-state index is -4.39. The molecular formula is C27H32F3NO2. The minimum Gasteiger partial charge on any atom is -0.388 e. The van der Waals surface area contributed by atoms with Crippen LogP contribution in [0.5, 0.6) is 0 Å². The molecule has 1 N–H and O–H groups in total. The Bertz CT molecular complexity index is 1040. The van der Waals surface area contributed by atoms with Crippen LogP contribution in [0.15, 0.2) is 36.9 Å². The molecule has 4 rings (SSSR count). The highest BCUT2D eigenvalue weighted by Crippen LogP contribution is 2.53. The molecule has 0 saturated heterocycles. The fourth-order valence-electron chi connectivity index (χ4n) is 5.30. The van der Waals surface area contributed by atoms with Crippen LogP contribution in [0, 0.1) is 5.41 Å². The molecule has 1 aliphatic carbocycles. The zero-order valence-corrected chi connectivity index (χ0v) is 19.7. The maximum atomic E-state index is 13.1. The molecule has 2 aliphatic rings. The van der Waals surface area contributed by atoms with Gasteiger partial charge in [-0.05, 0) is 60.3 Å². The number of aromatic nitrogens is 1. The highest BCUT2D eigenvalue weighted by atomic mass is 19.4. The van der Waals surface area contributed by atoms with E-state index in [0.717, 1.165) is 53.1 Å². The maximum absolute atomic E-state index is 13.1. The van der Waals surface area contributed by atoms with E-state index in [0.29, 0.717) is 18.4 Å². The number of hydrogen-bond acceptors (Lipinski definition) is 3. The molecule has 2 unspecified atom stereocenters. The molecular weight excluding hydrogens is 427 g/mol. The van der Waals surface area contributed by atoms with E-state index in [1.807, 2.05) is 6.08 Å². The molecule has 33 heavy (non-hydrogen) atoms. The lowest BCUT2D eigenvalue weighted by Crippen LogP contribution is -2.29. The fourth-order valence-corrected chi connectivity index (χ4v) is 5.30. The first kappa shape index (κ1) is 24.0. The summed E-state index contributed by atoms with van der Waals surface area (Å²) in [6.07, 6.45) is -1.15. The standard InChI is InChI=1S/C27H32F3NO2/c1-6-7-8-20-22-21-18(13-26(4,5)14-19(21)32)31-24(15(2)3)23(22)25(33-20)16-9-11-17(12-10-16)27(28,29)30/h6,9-12,15,19-20,25,32H,1,7-8,13-14H2,2-5H3/t19?,20?,25-/m0/s1. The summed E-state index contributed by atoms with van der Waals surface area (Å²) in [5.74, 6) is 0.102. The third-order valence-electron chi connectivity index (χ3n) is 6.75. The van der Waals surface area contributed by atoms with Crippen molar-refractivity contribution < 1.29 is 23.0 Å². The van der Waals surface area contributed by atoms with Gasteiger partial charge >= 0.3 is 6.18 Å². The van der Waals surface area contributed by atoms with E-state index in [-0.39, 0.29) is 17.4 Å². The molecule has 3 nitrogen and oxygen atoms in total. The molecule has 0 radical (unpaired) electrons. The van der Waals surface area contributed by atoms with Gasteiger partial charge in [-0.2, -0.15) is 13.2 Å². The first-order valence-electron chi connectivity index (χ1n) is 11.6. The van der Waals surface area contributed by atoms with Crippen LogP contribution in [-0.4, -0.2) is 10.1 Å². The average molecular weight is 460 g/mol. The van der Waals surface area contributed by atoms with Crippen LogP contribution in [0.4, 0.5) is 13.2 Å². The molecule has 178 valence electrons. The third kappa shape index (κ3) is 4.47. The van der Waals surface area contributed by atoms with Crippen molar-refractivity contribution in [2.24, 2.45) is 5.41 Å². The Morgan fingerprint density at radius 1 is 1.18 bits per heavy atom. The van der Waals surface area contributed by atoms with Gasteiger partial charge in [0.25, 0.3) is 0 Å². The number of aliphatic hydroxyl groups is 1. The first-order chi connectivity index (χ1) is 15.4. The largest absolute Gasteiger partial charge is 0.416 e. The minimum absolute atomic E-state index is 0.0647. The molecule has 0 saturated carbocycles. The average Bonchev–Trinajstić information content (AvgIpc) is 3.09. The molecule has 2 aromatic rings. The smallest absolute Gasteiger partial charge is 0.388 e. The van der Waals surface area contributed by atoms with Crippen molar-refractivity contribution in [1.29, 1.82) is 0 Å². The molecule has 0 amide bonds. The highest BCUT2D eigenvalue weighted by Gasteiger charge is 2.43. The second-order valence-corrected chi connectivity index (χ2v) is 10.4. The van der Waals surface area contributed by atoms with Gasteiger partial charge in [0.05, 0.1) is 17.8 Å². The normalized spacial score (nSPS) is 24.0. The Labute approximate surface area is 193 Å². The summed E-state index contributed by atoms with van der Waals surface area (Å²) in [7, 11) is 0. The number of ether oxygens (including phenoxy) is 1. The van der Waals surface area contributed by atoms with Crippen LogP contribution >= 0.6 is 0 Å². The Morgan fingerprint density at radius 2 is 1.85 bits per heavy atom. The van der Waals surface area contributed by atoms with Crippen LogP contribution < -0.4 is 0 Å². The van der Waals surface area contributed by atoms with Gasteiger partial charge in [-0.25, -0.2) is 0 Å². The Kier molecular flexibility index (Phi) is 6.21. The molecule has 1 aliphatic heterocycles. The second kappa shape index (κ2) is 8.55. The van der Waals surface area contributed by atoms with Crippen molar-refractivity contribution in [2.75, 3.05) is 0 Å². The van der Waals surface area contributed by atoms with Gasteiger partial charge in [0.2, 0.25) is 0 Å². The number of fused-ring (bicyclic) bond motifs is 3.